The van der Waals surface area contributed by atoms with Crippen molar-refractivity contribution in [2.45, 2.75) is 6.92 Å². The first-order chi connectivity index (χ1) is 15.2. The van der Waals surface area contributed by atoms with Gasteiger partial charge in [0.25, 0.3) is 0 Å². The Bertz CT molecular complexity index is 1310. The molecule has 1 heterocycles. The number of hydrogen-bond acceptors (Lipinski definition) is 4. The summed E-state index contributed by atoms with van der Waals surface area (Å²) in [5, 5.41) is 7.65. The maximum atomic E-state index is 6.08. The number of nitrogens with zero attached hydrogens (tertiary/aromatic N) is 2. The summed E-state index contributed by atoms with van der Waals surface area (Å²) in [4.78, 5) is 5.01. The highest BCUT2D eigenvalue weighted by Gasteiger charge is 2.19. The van der Waals surface area contributed by atoms with Crippen LogP contribution >= 0.6 is 11.6 Å². The van der Waals surface area contributed by atoms with Crippen molar-refractivity contribution in [3.8, 4) is 5.75 Å². The number of ether oxygens (including phenoxy) is 1. The van der Waals surface area contributed by atoms with E-state index in [0.29, 0.717) is 17.5 Å². The number of benzene rings is 4. The van der Waals surface area contributed by atoms with Crippen molar-refractivity contribution in [2.75, 3.05) is 6.61 Å². The molecule has 1 N–H and O–H groups in total. The zero-order chi connectivity index (χ0) is 21.2. The van der Waals surface area contributed by atoms with Crippen LogP contribution in [0.1, 0.15) is 23.6 Å². The van der Waals surface area contributed by atoms with Crippen LogP contribution in [-0.4, -0.2) is 18.2 Å². The average molecular weight is 426 g/mol. The van der Waals surface area contributed by atoms with E-state index in [4.69, 9.17) is 26.4 Å². The molecule has 0 aliphatic carbocycles. The summed E-state index contributed by atoms with van der Waals surface area (Å²) in [5.41, 5.74) is 7.77. The minimum absolute atomic E-state index is 0.634. The van der Waals surface area contributed by atoms with Crippen molar-refractivity contribution in [1.29, 1.82) is 0 Å². The lowest BCUT2D eigenvalue weighted by Gasteiger charge is -2.11. The predicted molar refractivity (Wildman–Crippen MR) is 128 cm³/mol. The Balaban J connectivity index is 1.69. The van der Waals surface area contributed by atoms with E-state index in [2.05, 4.69) is 29.7 Å². The third-order valence-corrected chi connectivity index (χ3v) is 5.46. The van der Waals surface area contributed by atoms with Gasteiger partial charge < -0.3 is 4.74 Å². The molecule has 0 radical (unpaired) electrons. The fourth-order valence-electron chi connectivity index (χ4n) is 3.71. The second kappa shape index (κ2) is 8.25. The number of fused-ring (bicyclic) bond motifs is 3. The van der Waals surface area contributed by atoms with Gasteiger partial charge in [-0.3, -0.25) is 5.43 Å². The molecular weight excluding hydrogens is 406 g/mol. The summed E-state index contributed by atoms with van der Waals surface area (Å²) in [5.74, 6) is 1.51. The lowest BCUT2D eigenvalue weighted by atomic mass is 9.97. The Hall–Kier alpha value is -3.63. The summed E-state index contributed by atoms with van der Waals surface area (Å²) in [6.07, 6.45) is 0. The number of halogens is 1. The first-order valence-electron chi connectivity index (χ1n) is 10.2. The molecule has 0 unspecified atom stereocenters. The molecule has 4 nitrogen and oxygen atoms in total. The molecule has 152 valence electrons. The zero-order valence-corrected chi connectivity index (χ0v) is 17.7. The molecule has 5 rings (SSSR count). The third-order valence-electron chi connectivity index (χ3n) is 5.21. The van der Waals surface area contributed by atoms with Crippen LogP contribution in [0.4, 0.5) is 5.69 Å². The van der Waals surface area contributed by atoms with Crippen molar-refractivity contribution in [2.24, 2.45) is 10.1 Å². The second-order valence-corrected chi connectivity index (χ2v) is 7.62. The van der Waals surface area contributed by atoms with Crippen LogP contribution in [0.3, 0.4) is 0 Å². The summed E-state index contributed by atoms with van der Waals surface area (Å²) in [6.45, 7) is 2.61. The van der Waals surface area contributed by atoms with Crippen molar-refractivity contribution in [3.05, 3.63) is 107 Å². The van der Waals surface area contributed by atoms with Crippen LogP contribution in [-0.2, 0) is 0 Å². The van der Waals surface area contributed by atoms with Crippen molar-refractivity contribution < 1.29 is 4.74 Å². The quantitative estimate of drug-likeness (QED) is 0.415. The molecule has 0 bridgehead atoms. The van der Waals surface area contributed by atoms with Gasteiger partial charge >= 0.3 is 0 Å². The molecule has 0 atom stereocenters. The number of rotatable bonds is 4. The Morgan fingerprint density at radius 3 is 2.35 bits per heavy atom. The van der Waals surface area contributed by atoms with Gasteiger partial charge in [-0.25, -0.2) is 4.99 Å². The van der Waals surface area contributed by atoms with Crippen LogP contribution in [0.5, 0.6) is 5.75 Å². The largest absolute Gasteiger partial charge is 0.494 e. The fraction of sp³-hybridized carbons (Fsp3) is 0.0769. The highest BCUT2D eigenvalue weighted by atomic mass is 35.5. The molecular formula is C26H20ClN3O. The lowest BCUT2D eigenvalue weighted by molar-refractivity contribution is 0.340. The normalized spacial score (nSPS) is 13.0. The molecule has 0 amide bonds. The minimum Gasteiger partial charge on any atom is -0.494 e. The highest BCUT2D eigenvalue weighted by molar-refractivity contribution is 6.30. The second-order valence-electron chi connectivity index (χ2n) is 7.18. The smallest absolute Gasteiger partial charge is 0.154 e. The number of nitrogens with one attached hydrogen (secondary N) is 1. The molecule has 0 aromatic heterocycles. The number of hydrazone groups is 1. The minimum atomic E-state index is 0.634. The van der Waals surface area contributed by atoms with Crippen LogP contribution < -0.4 is 10.2 Å². The standard InChI is InChI=1S/C26H20ClN3O/c1-2-31-21-14-9-18(10-15-21)24-23-16-11-17-5-3-4-6-22(17)25(23)28-26(30-29-24)19-7-12-20(27)13-8-19/h3-16H,2H2,1H3,(H,28,30). The highest BCUT2D eigenvalue weighted by Crippen LogP contribution is 2.34. The predicted octanol–water partition coefficient (Wildman–Crippen LogP) is 6.33. The SMILES string of the molecule is CCOc1ccc(C2=NNC(c3ccc(Cl)cc3)=Nc3c2ccc2ccccc32)cc1. The lowest BCUT2D eigenvalue weighted by Crippen LogP contribution is -2.19. The fourth-order valence-corrected chi connectivity index (χ4v) is 3.83. The van der Waals surface area contributed by atoms with Crippen molar-refractivity contribution in [1.82, 2.24) is 5.43 Å². The topological polar surface area (TPSA) is 46.0 Å². The van der Waals surface area contributed by atoms with Gasteiger partial charge in [-0.1, -0.05) is 41.9 Å². The number of amidine groups is 1. The Kier molecular flexibility index (Phi) is 5.14. The first-order valence-corrected chi connectivity index (χ1v) is 10.5. The van der Waals surface area contributed by atoms with Gasteiger partial charge in [0.2, 0.25) is 0 Å². The maximum absolute atomic E-state index is 6.08. The van der Waals surface area contributed by atoms with Crippen LogP contribution in [0.25, 0.3) is 10.8 Å². The molecule has 5 heteroatoms. The summed E-state index contributed by atoms with van der Waals surface area (Å²) in [6, 6.07) is 28.0. The molecule has 4 aromatic rings. The summed E-state index contributed by atoms with van der Waals surface area (Å²) >= 11 is 6.08. The van der Waals surface area contributed by atoms with E-state index < -0.39 is 0 Å². The van der Waals surface area contributed by atoms with Gasteiger partial charge in [0, 0.05) is 27.1 Å². The van der Waals surface area contributed by atoms with Gasteiger partial charge in [-0.2, -0.15) is 5.10 Å². The first kappa shape index (κ1) is 19.3. The molecule has 31 heavy (non-hydrogen) atoms. The van der Waals surface area contributed by atoms with Crippen LogP contribution in [0.15, 0.2) is 95.0 Å². The maximum Gasteiger partial charge on any atom is 0.154 e. The molecule has 1 aliphatic rings. The number of aliphatic imine (C=N–C) groups is 1. The van der Waals surface area contributed by atoms with E-state index in [1.807, 2.05) is 67.6 Å². The zero-order valence-electron chi connectivity index (χ0n) is 17.0. The summed E-state index contributed by atoms with van der Waals surface area (Å²) in [7, 11) is 0. The van der Waals surface area contributed by atoms with E-state index in [1.165, 1.54) is 0 Å². The van der Waals surface area contributed by atoms with Crippen LogP contribution in [0, 0.1) is 0 Å². The Labute approximate surface area is 185 Å². The van der Waals surface area contributed by atoms with Gasteiger partial charge in [0.1, 0.15) is 11.5 Å². The Morgan fingerprint density at radius 1 is 0.839 bits per heavy atom. The molecule has 0 saturated carbocycles. The monoisotopic (exact) mass is 425 g/mol. The van der Waals surface area contributed by atoms with Gasteiger partial charge in [0.05, 0.1) is 12.3 Å². The van der Waals surface area contributed by atoms with E-state index in [0.717, 1.165) is 44.6 Å². The molecule has 4 aromatic carbocycles. The van der Waals surface area contributed by atoms with Gasteiger partial charge in [-0.05, 0) is 66.9 Å². The van der Waals surface area contributed by atoms with E-state index in [-0.39, 0.29) is 0 Å². The van der Waals surface area contributed by atoms with E-state index >= 15 is 0 Å². The van der Waals surface area contributed by atoms with E-state index in [9.17, 15) is 0 Å². The van der Waals surface area contributed by atoms with Crippen molar-refractivity contribution in [3.63, 3.8) is 0 Å². The average Bonchev–Trinajstić information content (AvgIpc) is 3.00. The molecule has 0 fully saturated rings. The van der Waals surface area contributed by atoms with Crippen LogP contribution in [0.2, 0.25) is 5.02 Å². The van der Waals surface area contributed by atoms with Gasteiger partial charge in [-0.15, -0.1) is 0 Å². The molecule has 1 aliphatic heterocycles. The molecule has 0 spiro atoms. The third kappa shape index (κ3) is 3.78. The van der Waals surface area contributed by atoms with Gasteiger partial charge in [0.15, 0.2) is 5.84 Å². The van der Waals surface area contributed by atoms with E-state index in [1.54, 1.807) is 0 Å². The van der Waals surface area contributed by atoms with Crippen molar-refractivity contribution >= 4 is 39.6 Å². The molecule has 0 saturated heterocycles. The summed E-state index contributed by atoms with van der Waals surface area (Å²) < 4.78 is 5.60. The number of hydrogen-bond donors (Lipinski definition) is 1. The Morgan fingerprint density at radius 2 is 1.58 bits per heavy atom.